The molecule has 0 aliphatic rings. The molecular formula is C12H13Cl2N3. The van der Waals surface area contributed by atoms with Gasteiger partial charge in [-0.1, -0.05) is 36.2 Å². The molecule has 0 bridgehead atoms. The molecule has 0 unspecified atom stereocenters. The number of hydrogen-bond acceptors (Lipinski definition) is 2. The van der Waals surface area contributed by atoms with Gasteiger partial charge in [0.15, 0.2) is 0 Å². The number of hydrogen-bond donors (Lipinski definition) is 2. The first-order chi connectivity index (χ1) is 8.20. The monoisotopic (exact) mass is 269 g/mol. The van der Waals surface area contributed by atoms with Gasteiger partial charge in [0.2, 0.25) is 0 Å². The topological polar surface area (TPSA) is 40.7 Å². The summed E-state index contributed by atoms with van der Waals surface area (Å²) in [6, 6.07) is 7.46. The van der Waals surface area contributed by atoms with E-state index in [-0.39, 0.29) is 0 Å². The highest BCUT2D eigenvalue weighted by atomic mass is 35.5. The van der Waals surface area contributed by atoms with Crippen LogP contribution in [0.1, 0.15) is 13.3 Å². The van der Waals surface area contributed by atoms with Crippen molar-refractivity contribution in [1.29, 1.82) is 0 Å². The van der Waals surface area contributed by atoms with E-state index in [0.29, 0.717) is 10.0 Å². The second kappa shape index (κ2) is 5.43. The lowest BCUT2D eigenvalue weighted by atomic mass is 10.1. The minimum Gasteiger partial charge on any atom is -0.369 e. The summed E-state index contributed by atoms with van der Waals surface area (Å²) in [4.78, 5) is 0. The van der Waals surface area contributed by atoms with E-state index in [0.717, 1.165) is 30.0 Å². The van der Waals surface area contributed by atoms with Crippen LogP contribution in [0.3, 0.4) is 0 Å². The SMILES string of the molecule is CCCNc1cc(-c2ccc(Cl)c(Cl)c2)[nH]n1. The Hall–Kier alpha value is -1.19. The van der Waals surface area contributed by atoms with E-state index < -0.39 is 0 Å². The van der Waals surface area contributed by atoms with Gasteiger partial charge in [-0.25, -0.2) is 0 Å². The number of anilines is 1. The summed E-state index contributed by atoms with van der Waals surface area (Å²) in [6.07, 6.45) is 1.06. The number of nitrogens with one attached hydrogen (secondary N) is 2. The van der Waals surface area contributed by atoms with E-state index in [1.807, 2.05) is 18.2 Å². The summed E-state index contributed by atoms with van der Waals surface area (Å²) in [5.74, 6) is 0.841. The highest BCUT2D eigenvalue weighted by Crippen LogP contribution is 2.28. The fourth-order valence-corrected chi connectivity index (χ4v) is 1.77. The van der Waals surface area contributed by atoms with Gasteiger partial charge in [-0.15, -0.1) is 0 Å². The summed E-state index contributed by atoms with van der Waals surface area (Å²) in [5, 5.41) is 11.4. The van der Waals surface area contributed by atoms with Crippen molar-refractivity contribution < 1.29 is 0 Å². The first-order valence-corrected chi connectivity index (χ1v) is 6.21. The van der Waals surface area contributed by atoms with Gasteiger partial charge in [0, 0.05) is 18.2 Å². The van der Waals surface area contributed by atoms with E-state index in [1.54, 1.807) is 6.07 Å². The molecule has 2 aromatic rings. The molecule has 3 nitrogen and oxygen atoms in total. The van der Waals surface area contributed by atoms with Crippen molar-refractivity contribution in [2.75, 3.05) is 11.9 Å². The van der Waals surface area contributed by atoms with Crippen molar-refractivity contribution in [3.8, 4) is 11.3 Å². The predicted molar refractivity (Wildman–Crippen MR) is 72.8 cm³/mol. The van der Waals surface area contributed by atoms with E-state index in [2.05, 4.69) is 22.4 Å². The molecule has 1 aromatic heterocycles. The molecule has 5 heteroatoms. The van der Waals surface area contributed by atoms with Crippen molar-refractivity contribution in [2.24, 2.45) is 0 Å². The van der Waals surface area contributed by atoms with Gasteiger partial charge in [-0.05, 0) is 18.6 Å². The highest BCUT2D eigenvalue weighted by molar-refractivity contribution is 6.42. The molecule has 0 aliphatic carbocycles. The van der Waals surface area contributed by atoms with E-state index in [9.17, 15) is 0 Å². The van der Waals surface area contributed by atoms with Crippen LogP contribution in [0.25, 0.3) is 11.3 Å². The van der Waals surface area contributed by atoms with Gasteiger partial charge in [-0.2, -0.15) is 5.10 Å². The first-order valence-electron chi connectivity index (χ1n) is 5.45. The van der Waals surface area contributed by atoms with Crippen molar-refractivity contribution in [2.45, 2.75) is 13.3 Å². The maximum Gasteiger partial charge on any atom is 0.148 e. The second-order valence-electron chi connectivity index (χ2n) is 3.72. The Balaban J connectivity index is 2.21. The third kappa shape index (κ3) is 2.93. The number of rotatable bonds is 4. The third-order valence-electron chi connectivity index (χ3n) is 2.36. The molecule has 0 aliphatic heterocycles. The van der Waals surface area contributed by atoms with Crippen LogP contribution >= 0.6 is 23.2 Å². The molecule has 2 N–H and O–H groups in total. The molecule has 0 saturated heterocycles. The van der Waals surface area contributed by atoms with E-state index in [4.69, 9.17) is 23.2 Å². The van der Waals surface area contributed by atoms with Crippen LogP contribution < -0.4 is 5.32 Å². The minimum atomic E-state index is 0.543. The largest absolute Gasteiger partial charge is 0.369 e. The molecule has 1 heterocycles. The summed E-state index contributed by atoms with van der Waals surface area (Å²) < 4.78 is 0. The maximum atomic E-state index is 5.97. The number of halogens is 2. The highest BCUT2D eigenvalue weighted by Gasteiger charge is 2.05. The lowest BCUT2D eigenvalue weighted by Crippen LogP contribution is -1.99. The van der Waals surface area contributed by atoms with Crippen LogP contribution in [0.15, 0.2) is 24.3 Å². The number of nitrogens with zero attached hydrogens (tertiary/aromatic N) is 1. The fraction of sp³-hybridized carbons (Fsp3) is 0.250. The van der Waals surface area contributed by atoms with E-state index >= 15 is 0 Å². The Bertz CT molecular complexity index is 508. The number of H-pyrrole nitrogens is 1. The Morgan fingerprint density at radius 1 is 1.24 bits per heavy atom. The van der Waals surface area contributed by atoms with Gasteiger partial charge in [0.05, 0.1) is 15.7 Å². The standard InChI is InChI=1S/C12H13Cl2N3/c1-2-5-15-12-7-11(16-17-12)8-3-4-9(13)10(14)6-8/h3-4,6-7H,2,5H2,1H3,(H2,15,16,17). The quantitative estimate of drug-likeness (QED) is 0.873. The summed E-state index contributed by atoms with van der Waals surface area (Å²) in [7, 11) is 0. The Kier molecular flexibility index (Phi) is 3.92. The average Bonchev–Trinajstić information content (AvgIpc) is 2.79. The zero-order valence-corrected chi connectivity index (χ0v) is 10.9. The van der Waals surface area contributed by atoms with Gasteiger partial charge in [0.25, 0.3) is 0 Å². The second-order valence-corrected chi connectivity index (χ2v) is 4.54. The third-order valence-corrected chi connectivity index (χ3v) is 3.10. The summed E-state index contributed by atoms with van der Waals surface area (Å²) in [6.45, 7) is 3.02. The zero-order valence-electron chi connectivity index (χ0n) is 9.43. The molecular weight excluding hydrogens is 257 g/mol. The Morgan fingerprint density at radius 3 is 2.76 bits per heavy atom. The molecule has 0 spiro atoms. The van der Waals surface area contributed by atoms with Crippen LogP contribution in [0, 0.1) is 0 Å². The predicted octanol–water partition coefficient (Wildman–Crippen LogP) is 4.21. The fourth-order valence-electron chi connectivity index (χ4n) is 1.48. The molecule has 0 amide bonds. The van der Waals surface area contributed by atoms with Crippen LogP contribution in [0.5, 0.6) is 0 Å². The van der Waals surface area contributed by atoms with Crippen LogP contribution in [-0.2, 0) is 0 Å². The zero-order chi connectivity index (χ0) is 12.3. The smallest absolute Gasteiger partial charge is 0.148 e. The van der Waals surface area contributed by atoms with Crippen LogP contribution in [-0.4, -0.2) is 16.7 Å². The van der Waals surface area contributed by atoms with Gasteiger partial charge in [0.1, 0.15) is 5.82 Å². The molecule has 1 aromatic carbocycles. The molecule has 0 atom stereocenters. The van der Waals surface area contributed by atoms with Gasteiger partial charge < -0.3 is 5.32 Å². The maximum absolute atomic E-state index is 5.97. The Morgan fingerprint density at radius 2 is 2.06 bits per heavy atom. The van der Waals surface area contributed by atoms with Crippen molar-refractivity contribution >= 4 is 29.0 Å². The lowest BCUT2D eigenvalue weighted by Gasteiger charge is -1.99. The number of aromatic amines is 1. The van der Waals surface area contributed by atoms with E-state index in [1.165, 1.54) is 0 Å². The molecule has 0 radical (unpaired) electrons. The van der Waals surface area contributed by atoms with Gasteiger partial charge >= 0.3 is 0 Å². The van der Waals surface area contributed by atoms with Crippen molar-refractivity contribution in [3.63, 3.8) is 0 Å². The lowest BCUT2D eigenvalue weighted by molar-refractivity contribution is 0.961. The number of benzene rings is 1. The molecule has 0 saturated carbocycles. The first kappa shape index (κ1) is 12.3. The molecule has 0 fully saturated rings. The average molecular weight is 270 g/mol. The molecule has 2 rings (SSSR count). The van der Waals surface area contributed by atoms with Gasteiger partial charge in [-0.3, -0.25) is 5.10 Å². The molecule has 90 valence electrons. The minimum absolute atomic E-state index is 0.543. The molecule has 17 heavy (non-hydrogen) atoms. The summed E-state index contributed by atoms with van der Waals surface area (Å²) in [5.41, 5.74) is 1.89. The normalized spacial score (nSPS) is 10.5. The summed E-state index contributed by atoms with van der Waals surface area (Å²) >= 11 is 11.8. The number of aromatic nitrogens is 2. The van der Waals surface area contributed by atoms with Crippen LogP contribution in [0.2, 0.25) is 10.0 Å². The van der Waals surface area contributed by atoms with Crippen molar-refractivity contribution in [3.05, 3.63) is 34.3 Å². The Labute approximate surface area is 110 Å². The van der Waals surface area contributed by atoms with Crippen molar-refractivity contribution in [1.82, 2.24) is 10.2 Å². The van der Waals surface area contributed by atoms with Crippen LogP contribution in [0.4, 0.5) is 5.82 Å².